The minimum absolute atomic E-state index is 0.837. The largest absolute Gasteiger partial charge is 0.357 e. The standard InChI is InChI=1S/C16H23N5/c1-13-15(12-19-20-13)11-17-10-14-5-6-18-16(9-14)21-7-3-2-4-8-21/h5-6,9,12,17H,2-4,7-8,10-11H2,1H3,(H,19,20). The fourth-order valence-corrected chi connectivity index (χ4v) is 2.76. The fraction of sp³-hybridized carbons (Fsp3) is 0.500. The van der Waals surface area contributed by atoms with Crippen molar-refractivity contribution in [2.75, 3.05) is 18.0 Å². The number of aryl methyl sites for hydroxylation is 1. The number of aromatic nitrogens is 3. The highest BCUT2D eigenvalue weighted by Gasteiger charge is 2.12. The molecule has 5 nitrogen and oxygen atoms in total. The van der Waals surface area contributed by atoms with Gasteiger partial charge in [0.25, 0.3) is 0 Å². The smallest absolute Gasteiger partial charge is 0.128 e. The van der Waals surface area contributed by atoms with Crippen molar-refractivity contribution >= 4 is 5.82 Å². The molecular formula is C16H23N5. The van der Waals surface area contributed by atoms with Crippen LogP contribution in [-0.4, -0.2) is 28.3 Å². The second-order valence-electron chi connectivity index (χ2n) is 5.69. The Bertz CT molecular complexity index is 572. The molecule has 0 amide bonds. The van der Waals surface area contributed by atoms with Crippen LogP contribution in [0.25, 0.3) is 0 Å². The summed E-state index contributed by atoms with van der Waals surface area (Å²) in [4.78, 5) is 6.91. The van der Waals surface area contributed by atoms with E-state index in [2.05, 4.69) is 37.5 Å². The first-order valence-corrected chi connectivity index (χ1v) is 7.72. The van der Waals surface area contributed by atoms with E-state index in [1.807, 2.05) is 19.3 Å². The molecule has 1 aliphatic heterocycles. The summed E-state index contributed by atoms with van der Waals surface area (Å²) in [7, 11) is 0. The molecule has 21 heavy (non-hydrogen) atoms. The van der Waals surface area contributed by atoms with Crippen molar-refractivity contribution in [3.63, 3.8) is 0 Å². The van der Waals surface area contributed by atoms with Crippen LogP contribution in [0.15, 0.2) is 24.5 Å². The third-order valence-electron chi connectivity index (χ3n) is 4.07. The molecule has 2 aromatic rings. The number of H-pyrrole nitrogens is 1. The van der Waals surface area contributed by atoms with E-state index in [1.54, 1.807) is 0 Å². The van der Waals surface area contributed by atoms with Gasteiger partial charge < -0.3 is 10.2 Å². The van der Waals surface area contributed by atoms with Crippen molar-refractivity contribution in [3.8, 4) is 0 Å². The van der Waals surface area contributed by atoms with Crippen LogP contribution in [0.4, 0.5) is 5.82 Å². The number of anilines is 1. The minimum atomic E-state index is 0.837. The van der Waals surface area contributed by atoms with Gasteiger partial charge in [-0.3, -0.25) is 5.10 Å². The Morgan fingerprint density at radius 3 is 2.86 bits per heavy atom. The van der Waals surface area contributed by atoms with Crippen LogP contribution in [0.1, 0.15) is 36.1 Å². The first-order valence-electron chi connectivity index (χ1n) is 7.72. The third kappa shape index (κ3) is 3.61. The summed E-state index contributed by atoms with van der Waals surface area (Å²) in [5.41, 5.74) is 3.64. The van der Waals surface area contributed by atoms with Crippen molar-refractivity contribution in [3.05, 3.63) is 41.3 Å². The van der Waals surface area contributed by atoms with E-state index in [4.69, 9.17) is 0 Å². The lowest BCUT2D eigenvalue weighted by Gasteiger charge is -2.27. The summed E-state index contributed by atoms with van der Waals surface area (Å²) in [6, 6.07) is 4.29. The molecule has 0 saturated carbocycles. The van der Waals surface area contributed by atoms with Crippen LogP contribution in [0, 0.1) is 6.92 Å². The molecule has 0 radical (unpaired) electrons. The van der Waals surface area contributed by atoms with Gasteiger partial charge in [0.2, 0.25) is 0 Å². The Balaban J connectivity index is 1.57. The van der Waals surface area contributed by atoms with E-state index in [0.29, 0.717) is 0 Å². The summed E-state index contributed by atoms with van der Waals surface area (Å²) < 4.78 is 0. The predicted octanol–water partition coefficient (Wildman–Crippen LogP) is 2.39. The molecule has 112 valence electrons. The molecular weight excluding hydrogens is 262 g/mol. The number of nitrogens with zero attached hydrogens (tertiary/aromatic N) is 3. The van der Waals surface area contributed by atoms with Crippen molar-refractivity contribution in [1.82, 2.24) is 20.5 Å². The van der Waals surface area contributed by atoms with Crippen LogP contribution in [0.5, 0.6) is 0 Å². The zero-order valence-electron chi connectivity index (χ0n) is 12.6. The number of aromatic amines is 1. The SMILES string of the molecule is Cc1[nH]ncc1CNCc1ccnc(N2CCCCC2)c1. The zero-order chi connectivity index (χ0) is 14.5. The highest BCUT2D eigenvalue weighted by atomic mass is 15.2. The van der Waals surface area contributed by atoms with E-state index >= 15 is 0 Å². The number of rotatable bonds is 5. The lowest BCUT2D eigenvalue weighted by atomic mass is 10.1. The quantitative estimate of drug-likeness (QED) is 0.885. The summed E-state index contributed by atoms with van der Waals surface area (Å²) in [5.74, 6) is 1.12. The van der Waals surface area contributed by atoms with Gasteiger partial charge in [-0.15, -0.1) is 0 Å². The Hall–Kier alpha value is -1.88. The highest BCUT2D eigenvalue weighted by Crippen LogP contribution is 2.18. The molecule has 0 bridgehead atoms. The average Bonchev–Trinajstić information content (AvgIpc) is 2.94. The Morgan fingerprint density at radius 2 is 2.10 bits per heavy atom. The second kappa shape index (κ2) is 6.72. The van der Waals surface area contributed by atoms with E-state index < -0.39 is 0 Å². The minimum Gasteiger partial charge on any atom is -0.357 e. The molecule has 1 aliphatic rings. The van der Waals surface area contributed by atoms with Crippen LogP contribution in [-0.2, 0) is 13.1 Å². The maximum absolute atomic E-state index is 4.52. The monoisotopic (exact) mass is 285 g/mol. The lowest BCUT2D eigenvalue weighted by molar-refractivity contribution is 0.573. The summed E-state index contributed by atoms with van der Waals surface area (Å²) in [6.45, 7) is 6.01. The van der Waals surface area contributed by atoms with Crippen molar-refractivity contribution < 1.29 is 0 Å². The van der Waals surface area contributed by atoms with Gasteiger partial charge in [-0.1, -0.05) is 0 Å². The van der Waals surface area contributed by atoms with Crippen molar-refractivity contribution in [1.29, 1.82) is 0 Å². The average molecular weight is 285 g/mol. The summed E-state index contributed by atoms with van der Waals surface area (Å²) in [5, 5.41) is 10.5. The first-order chi connectivity index (χ1) is 10.3. The number of nitrogens with one attached hydrogen (secondary N) is 2. The molecule has 2 aromatic heterocycles. The molecule has 5 heteroatoms. The number of piperidine rings is 1. The zero-order valence-corrected chi connectivity index (χ0v) is 12.6. The molecule has 0 atom stereocenters. The van der Waals surface area contributed by atoms with E-state index in [1.165, 1.54) is 30.4 Å². The molecule has 3 rings (SSSR count). The normalized spacial score (nSPS) is 15.4. The van der Waals surface area contributed by atoms with Gasteiger partial charge in [0, 0.05) is 43.6 Å². The Kier molecular flexibility index (Phi) is 4.50. The number of pyridine rings is 1. The van der Waals surface area contributed by atoms with E-state index in [9.17, 15) is 0 Å². The molecule has 0 unspecified atom stereocenters. The summed E-state index contributed by atoms with van der Waals surface area (Å²) >= 11 is 0. The summed E-state index contributed by atoms with van der Waals surface area (Å²) in [6.07, 6.45) is 7.72. The maximum atomic E-state index is 4.52. The van der Waals surface area contributed by atoms with Gasteiger partial charge in [-0.05, 0) is 43.9 Å². The predicted molar refractivity (Wildman–Crippen MR) is 84.2 cm³/mol. The second-order valence-corrected chi connectivity index (χ2v) is 5.69. The van der Waals surface area contributed by atoms with Crippen molar-refractivity contribution in [2.45, 2.75) is 39.3 Å². The van der Waals surface area contributed by atoms with E-state index in [0.717, 1.165) is 37.7 Å². The fourth-order valence-electron chi connectivity index (χ4n) is 2.76. The van der Waals surface area contributed by atoms with Gasteiger partial charge >= 0.3 is 0 Å². The number of hydrogen-bond donors (Lipinski definition) is 2. The van der Waals surface area contributed by atoms with Crippen LogP contribution in [0.3, 0.4) is 0 Å². The van der Waals surface area contributed by atoms with Gasteiger partial charge in [0.05, 0.1) is 6.20 Å². The molecule has 0 aromatic carbocycles. The van der Waals surface area contributed by atoms with Gasteiger partial charge in [-0.2, -0.15) is 5.10 Å². The van der Waals surface area contributed by atoms with Gasteiger partial charge in [0.1, 0.15) is 5.82 Å². The topological polar surface area (TPSA) is 56.8 Å². The van der Waals surface area contributed by atoms with Crippen LogP contribution >= 0.6 is 0 Å². The third-order valence-corrected chi connectivity index (χ3v) is 4.07. The Labute approximate surface area is 125 Å². The Morgan fingerprint density at radius 1 is 1.24 bits per heavy atom. The first kappa shape index (κ1) is 14.1. The molecule has 2 N–H and O–H groups in total. The van der Waals surface area contributed by atoms with Gasteiger partial charge in [-0.25, -0.2) is 4.98 Å². The molecule has 1 saturated heterocycles. The van der Waals surface area contributed by atoms with Crippen LogP contribution in [0.2, 0.25) is 0 Å². The molecule has 0 spiro atoms. The molecule has 0 aliphatic carbocycles. The molecule has 1 fully saturated rings. The molecule has 3 heterocycles. The lowest BCUT2D eigenvalue weighted by Crippen LogP contribution is -2.30. The van der Waals surface area contributed by atoms with E-state index in [-0.39, 0.29) is 0 Å². The maximum Gasteiger partial charge on any atom is 0.128 e. The highest BCUT2D eigenvalue weighted by molar-refractivity contribution is 5.41. The van der Waals surface area contributed by atoms with Crippen molar-refractivity contribution in [2.24, 2.45) is 0 Å². The van der Waals surface area contributed by atoms with Gasteiger partial charge in [0.15, 0.2) is 0 Å². The van der Waals surface area contributed by atoms with Crippen LogP contribution < -0.4 is 10.2 Å². The number of hydrogen-bond acceptors (Lipinski definition) is 4.